The SMILES string of the molecule is C[C@H](NCC(=O)Nc1nc(-c2ccc(F)c(F)c2)cs1)c1ccccc1. The standard InChI is InChI=1S/C19H17F2N3OS/c1-12(13-5-3-2-4-6-13)22-10-18(25)24-19-23-17(11-26-19)14-7-8-15(20)16(21)9-14/h2-9,11-12,22H,10H2,1H3,(H,23,24,25)/t12-/m0/s1. The number of anilines is 1. The number of carbonyl (C=O) groups is 1. The molecule has 2 N–H and O–H groups in total. The molecule has 7 heteroatoms. The number of hydrogen-bond acceptors (Lipinski definition) is 4. The van der Waals surface area contributed by atoms with Crippen molar-refractivity contribution in [1.29, 1.82) is 0 Å². The summed E-state index contributed by atoms with van der Waals surface area (Å²) in [4.78, 5) is 16.3. The predicted octanol–water partition coefficient (Wildman–Crippen LogP) is 4.38. The molecule has 0 aliphatic rings. The second-order valence-electron chi connectivity index (χ2n) is 5.73. The van der Waals surface area contributed by atoms with E-state index >= 15 is 0 Å². The molecule has 0 spiro atoms. The Bertz CT molecular complexity index is 899. The first kappa shape index (κ1) is 18.2. The van der Waals surface area contributed by atoms with E-state index in [0.29, 0.717) is 16.4 Å². The Kier molecular flexibility index (Phi) is 5.70. The molecule has 3 rings (SSSR count). The van der Waals surface area contributed by atoms with Crippen LogP contribution in [0.4, 0.5) is 13.9 Å². The topological polar surface area (TPSA) is 54.0 Å². The lowest BCUT2D eigenvalue weighted by Crippen LogP contribution is -2.30. The highest BCUT2D eigenvalue weighted by molar-refractivity contribution is 7.14. The van der Waals surface area contributed by atoms with Gasteiger partial charge in [-0.2, -0.15) is 0 Å². The number of halogens is 2. The zero-order valence-electron chi connectivity index (χ0n) is 14.0. The Balaban J connectivity index is 1.57. The zero-order chi connectivity index (χ0) is 18.5. The molecule has 1 heterocycles. The van der Waals surface area contributed by atoms with Crippen molar-refractivity contribution in [3.63, 3.8) is 0 Å². The van der Waals surface area contributed by atoms with Crippen LogP contribution in [0.3, 0.4) is 0 Å². The van der Waals surface area contributed by atoms with Crippen LogP contribution >= 0.6 is 11.3 Å². The van der Waals surface area contributed by atoms with Gasteiger partial charge in [0.25, 0.3) is 0 Å². The van der Waals surface area contributed by atoms with Crippen LogP contribution in [0, 0.1) is 11.6 Å². The normalized spacial score (nSPS) is 12.0. The molecule has 0 radical (unpaired) electrons. The third-order valence-corrected chi connectivity index (χ3v) is 4.59. The highest BCUT2D eigenvalue weighted by Crippen LogP contribution is 2.26. The van der Waals surface area contributed by atoms with E-state index in [9.17, 15) is 13.6 Å². The van der Waals surface area contributed by atoms with Crippen LogP contribution in [0.5, 0.6) is 0 Å². The van der Waals surface area contributed by atoms with Gasteiger partial charge in [0.05, 0.1) is 12.2 Å². The summed E-state index contributed by atoms with van der Waals surface area (Å²) in [5.41, 5.74) is 2.03. The molecule has 1 atom stereocenters. The molecule has 1 amide bonds. The van der Waals surface area contributed by atoms with E-state index in [-0.39, 0.29) is 18.5 Å². The molecule has 0 bridgehead atoms. The lowest BCUT2D eigenvalue weighted by molar-refractivity contribution is -0.115. The van der Waals surface area contributed by atoms with E-state index in [2.05, 4.69) is 15.6 Å². The maximum absolute atomic E-state index is 13.3. The Labute approximate surface area is 153 Å². The smallest absolute Gasteiger partial charge is 0.240 e. The van der Waals surface area contributed by atoms with Gasteiger partial charge in [0.1, 0.15) is 0 Å². The van der Waals surface area contributed by atoms with E-state index in [1.807, 2.05) is 37.3 Å². The maximum Gasteiger partial charge on any atom is 0.240 e. The molecule has 26 heavy (non-hydrogen) atoms. The second kappa shape index (κ2) is 8.16. The summed E-state index contributed by atoms with van der Waals surface area (Å²) in [5, 5.41) is 7.94. The van der Waals surface area contributed by atoms with Gasteiger partial charge in [-0.3, -0.25) is 4.79 Å². The van der Waals surface area contributed by atoms with Gasteiger partial charge in [-0.25, -0.2) is 13.8 Å². The fraction of sp³-hybridized carbons (Fsp3) is 0.158. The third-order valence-electron chi connectivity index (χ3n) is 3.83. The molecule has 134 valence electrons. The van der Waals surface area contributed by atoms with Gasteiger partial charge in [0.2, 0.25) is 5.91 Å². The van der Waals surface area contributed by atoms with Gasteiger partial charge in [0.15, 0.2) is 16.8 Å². The average Bonchev–Trinajstić information content (AvgIpc) is 3.11. The van der Waals surface area contributed by atoms with Crippen molar-refractivity contribution >= 4 is 22.4 Å². The second-order valence-corrected chi connectivity index (χ2v) is 6.59. The van der Waals surface area contributed by atoms with Crippen LogP contribution in [0.25, 0.3) is 11.3 Å². The van der Waals surface area contributed by atoms with Crippen LogP contribution in [-0.2, 0) is 4.79 Å². The molecule has 0 saturated heterocycles. The maximum atomic E-state index is 13.3. The molecule has 0 fully saturated rings. The largest absolute Gasteiger partial charge is 0.302 e. The van der Waals surface area contributed by atoms with Gasteiger partial charge in [-0.1, -0.05) is 30.3 Å². The molecule has 4 nitrogen and oxygen atoms in total. The summed E-state index contributed by atoms with van der Waals surface area (Å²) in [5.74, 6) is -2.06. The molecule has 2 aromatic carbocycles. The van der Waals surface area contributed by atoms with Crippen molar-refractivity contribution in [3.8, 4) is 11.3 Å². The van der Waals surface area contributed by atoms with Crippen molar-refractivity contribution in [2.24, 2.45) is 0 Å². The monoisotopic (exact) mass is 373 g/mol. The van der Waals surface area contributed by atoms with E-state index in [4.69, 9.17) is 0 Å². The number of nitrogens with one attached hydrogen (secondary N) is 2. The Morgan fingerprint density at radius 3 is 2.65 bits per heavy atom. The van der Waals surface area contributed by atoms with Gasteiger partial charge in [-0.15, -0.1) is 11.3 Å². The number of benzene rings is 2. The molecule has 3 aromatic rings. The molecule has 0 aliphatic heterocycles. The molecule has 1 aromatic heterocycles. The van der Waals surface area contributed by atoms with Gasteiger partial charge < -0.3 is 10.6 Å². The van der Waals surface area contributed by atoms with Gasteiger partial charge in [0, 0.05) is 17.0 Å². The molecule has 0 aliphatic carbocycles. The van der Waals surface area contributed by atoms with Crippen LogP contribution in [0.1, 0.15) is 18.5 Å². The minimum absolute atomic E-state index is 0.0380. The third kappa shape index (κ3) is 4.50. The zero-order valence-corrected chi connectivity index (χ0v) is 14.8. The highest BCUT2D eigenvalue weighted by Gasteiger charge is 2.11. The first-order valence-electron chi connectivity index (χ1n) is 8.02. The molecular weight excluding hydrogens is 356 g/mol. The number of amides is 1. The fourth-order valence-corrected chi connectivity index (χ4v) is 3.12. The first-order valence-corrected chi connectivity index (χ1v) is 8.90. The summed E-state index contributed by atoms with van der Waals surface area (Å²) in [6.07, 6.45) is 0. The highest BCUT2D eigenvalue weighted by atomic mass is 32.1. The van der Waals surface area contributed by atoms with E-state index < -0.39 is 11.6 Å². The summed E-state index contributed by atoms with van der Waals surface area (Å²) in [7, 11) is 0. The first-order chi connectivity index (χ1) is 12.5. The molecule has 0 unspecified atom stereocenters. The Morgan fingerprint density at radius 1 is 1.15 bits per heavy atom. The molecular formula is C19H17F2N3OS. The summed E-state index contributed by atoms with van der Waals surface area (Å²) >= 11 is 1.23. The van der Waals surface area contributed by atoms with Crippen molar-refractivity contribution in [1.82, 2.24) is 10.3 Å². The van der Waals surface area contributed by atoms with Gasteiger partial charge in [-0.05, 0) is 30.7 Å². The van der Waals surface area contributed by atoms with E-state index in [1.54, 1.807) is 5.38 Å². The quantitative estimate of drug-likeness (QED) is 0.674. The van der Waals surface area contributed by atoms with Gasteiger partial charge >= 0.3 is 0 Å². The number of aromatic nitrogens is 1. The number of thiazole rings is 1. The van der Waals surface area contributed by atoms with Crippen molar-refractivity contribution < 1.29 is 13.6 Å². The minimum Gasteiger partial charge on any atom is -0.302 e. The van der Waals surface area contributed by atoms with Crippen LogP contribution < -0.4 is 10.6 Å². The summed E-state index contributed by atoms with van der Waals surface area (Å²) in [6, 6.07) is 13.4. The van der Waals surface area contributed by atoms with E-state index in [0.717, 1.165) is 17.7 Å². The van der Waals surface area contributed by atoms with Crippen molar-refractivity contribution in [3.05, 3.63) is 71.1 Å². The lowest BCUT2D eigenvalue weighted by Gasteiger charge is -2.13. The van der Waals surface area contributed by atoms with Crippen LogP contribution in [0.15, 0.2) is 53.9 Å². The van der Waals surface area contributed by atoms with Crippen LogP contribution in [-0.4, -0.2) is 17.4 Å². The Morgan fingerprint density at radius 2 is 1.92 bits per heavy atom. The van der Waals surface area contributed by atoms with Crippen LogP contribution in [0.2, 0.25) is 0 Å². The predicted molar refractivity (Wildman–Crippen MR) is 99.0 cm³/mol. The summed E-state index contributed by atoms with van der Waals surface area (Å²) < 4.78 is 26.3. The van der Waals surface area contributed by atoms with Crippen molar-refractivity contribution in [2.75, 3.05) is 11.9 Å². The fourth-order valence-electron chi connectivity index (χ4n) is 2.39. The molecule has 0 saturated carbocycles. The number of rotatable bonds is 6. The number of nitrogens with zero attached hydrogens (tertiary/aromatic N) is 1. The van der Waals surface area contributed by atoms with Crippen molar-refractivity contribution in [2.45, 2.75) is 13.0 Å². The average molecular weight is 373 g/mol. The van der Waals surface area contributed by atoms with E-state index in [1.165, 1.54) is 17.4 Å². The Hall–Kier alpha value is -2.64. The minimum atomic E-state index is -0.930. The lowest BCUT2D eigenvalue weighted by atomic mass is 10.1. The summed E-state index contributed by atoms with van der Waals surface area (Å²) in [6.45, 7) is 2.11. The number of hydrogen-bond donors (Lipinski definition) is 2. The number of carbonyl (C=O) groups excluding carboxylic acids is 1.